The molecule has 0 aliphatic heterocycles. The molecule has 1 heterocycles. The highest BCUT2D eigenvalue weighted by Gasteiger charge is 2.16. The molecule has 0 unspecified atom stereocenters. The van der Waals surface area contributed by atoms with Crippen LogP contribution in [-0.4, -0.2) is 28.4 Å². The Morgan fingerprint density at radius 2 is 2.00 bits per heavy atom. The van der Waals surface area contributed by atoms with Crippen LogP contribution >= 0.6 is 0 Å². The first kappa shape index (κ1) is 15.1. The third-order valence-corrected chi connectivity index (χ3v) is 3.32. The maximum atomic E-state index is 12.0. The highest BCUT2D eigenvalue weighted by Crippen LogP contribution is 2.26. The molecule has 21 heavy (non-hydrogen) atoms. The van der Waals surface area contributed by atoms with Gasteiger partial charge in [-0.25, -0.2) is 4.79 Å². The van der Waals surface area contributed by atoms with Crippen molar-refractivity contribution in [3.8, 4) is 17.0 Å². The van der Waals surface area contributed by atoms with E-state index < -0.39 is 11.2 Å². The molecule has 0 atom stereocenters. The van der Waals surface area contributed by atoms with Crippen LogP contribution in [0.2, 0.25) is 0 Å². The zero-order valence-corrected chi connectivity index (χ0v) is 12.0. The summed E-state index contributed by atoms with van der Waals surface area (Å²) in [6, 6.07) is 7.21. The Morgan fingerprint density at radius 3 is 2.67 bits per heavy atom. The van der Waals surface area contributed by atoms with E-state index in [1.54, 1.807) is 19.2 Å². The highest BCUT2D eigenvalue weighted by molar-refractivity contribution is 5.70. The predicted molar refractivity (Wildman–Crippen MR) is 79.7 cm³/mol. The van der Waals surface area contributed by atoms with Crippen molar-refractivity contribution in [1.29, 1.82) is 0 Å². The molecular weight excluding hydrogens is 272 g/mol. The van der Waals surface area contributed by atoms with E-state index in [0.717, 1.165) is 10.1 Å². The number of rotatable bonds is 5. The first-order valence-electron chi connectivity index (χ1n) is 6.67. The monoisotopic (exact) mass is 290 g/mol. The van der Waals surface area contributed by atoms with Gasteiger partial charge in [0, 0.05) is 20.3 Å². The van der Waals surface area contributed by atoms with Crippen LogP contribution in [-0.2, 0) is 11.3 Å². The number of aryl methyl sites for hydroxylation is 1. The summed E-state index contributed by atoms with van der Waals surface area (Å²) >= 11 is 0. The number of aromatic nitrogens is 2. The standard InChI is InChI=1S/C15H18N2O4/c1-10-6-3-4-7-11(10)12-13(18)16-15(20)17(14(12)19)8-5-9-21-2/h3-4,6-7,19H,5,8-9H2,1-2H3,(H,16,18,20). The Kier molecular flexibility index (Phi) is 4.59. The van der Waals surface area contributed by atoms with Crippen molar-refractivity contribution in [2.75, 3.05) is 13.7 Å². The SMILES string of the molecule is COCCCn1c(O)c(-c2ccccc2C)c(=O)[nH]c1=O. The molecule has 1 aromatic heterocycles. The Morgan fingerprint density at radius 1 is 1.29 bits per heavy atom. The molecule has 1 aromatic carbocycles. The minimum atomic E-state index is -0.620. The number of methoxy groups -OCH3 is 1. The minimum absolute atomic E-state index is 0.116. The molecule has 2 rings (SSSR count). The molecule has 0 spiro atoms. The quantitative estimate of drug-likeness (QED) is 0.812. The zero-order valence-electron chi connectivity index (χ0n) is 12.0. The smallest absolute Gasteiger partial charge is 0.331 e. The minimum Gasteiger partial charge on any atom is -0.494 e. The Bertz CT molecular complexity index is 746. The molecule has 0 saturated heterocycles. The fraction of sp³-hybridized carbons (Fsp3) is 0.333. The summed E-state index contributed by atoms with van der Waals surface area (Å²) in [6.07, 6.45) is 0.559. The number of nitrogens with one attached hydrogen (secondary N) is 1. The average Bonchev–Trinajstić information content (AvgIpc) is 2.44. The molecule has 0 aliphatic rings. The van der Waals surface area contributed by atoms with Crippen LogP contribution in [0.5, 0.6) is 5.88 Å². The van der Waals surface area contributed by atoms with E-state index >= 15 is 0 Å². The lowest BCUT2D eigenvalue weighted by Gasteiger charge is -2.12. The topological polar surface area (TPSA) is 84.3 Å². The summed E-state index contributed by atoms with van der Waals surface area (Å²) < 4.78 is 6.09. The lowest BCUT2D eigenvalue weighted by atomic mass is 10.0. The lowest BCUT2D eigenvalue weighted by molar-refractivity contribution is 0.188. The number of benzene rings is 1. The van der Waals surface area contributed by atoms with Crippen molar-refractivity contribution in [2.45, 2.75) is 19.9 Å². The van der Waals surface area contributed by atoms with Gasteiger partial charge >= 0.3 is 5.69 Å². The van der Waals surface area contributed by atoms with E-state index in [1.165, 1.54) is 0 Å². The van der Waals surface area contributed by atoms with Gasteiger partial charge in [-0.2, -0.15) is 0 Å². The molecule has 2 aromatic rings. The predicted octanol–water partition coefficient (Wildman–Crippen LogP) is 1.25. The zero-order chi connectivity index (χ0) is 15.4. The van der Waals surface area contributed by atoms with Gasteiger partial charge < -0.3 is 9.84 Å². The molecule has 0 aliphatic carbocycles. The van der Waals surface area contributed by atoms with Crippen LogP contribution in [0, 0.1) is 6.92 Å². The second-order valence-corrected chi connectivity index (χ2v) is 4.77. The molecule has 6 nitrogen and oxygen atoms in total. The van der Waals surface area contributed by atoms with Gasteiger partial charge in [0.25, 0.3) is 5.56 Å². The van der Waals surface area contributed by atoms with Crippen molar-refractivity contribution in [1.82, 2.24) is 9.55 Å². The number of aromatic amines is 1. The van der Waals surface area contributed by atoms with Gasteiger partial charge in [-0.1, -0.05) is 24.3 Å². The second-order valence-electron chi connectivity index (χ2n) is 4.77. The molecular formula is C15H18N2O4. The first-order valence-corrected chi connectivity index (χ1v) is 6.67. The van der Waals surface area contributed by atoms with Crippen molar-refractivity contribution < 1.29 is 9.84 Å². The maximum Gasteiger partial charge on any atom is 0.331 e. The van der Waals surface area contributed by atoms with E-state index in [0.29, 0.717) is 18.6 Å². The first-order chi connectivity index (χ1) is 10.1. The largest absolute Gasteiger partial charge is 0.494 e. The summed E-state index contributed by atoms with van der Waals surface area (Å²) in [5.41, 5.74) is 0.364. The molecule has 0 fully saturated rings. The van der Waals surface area contributed by atoms with Crippen LogP contribution < -0.4 is 11.2 Å². The van der Waals surface area contributed by atoms with Crippen molar-refractivity contribution in [3.63, 3.8) is 0 Å². The number of hydrogen-bond acceptors (Lipinski definition) is 4. The van der Waals surface area contributed by atoms with Gasteiger partial charge in [-0.3, -0.25) is 14.3 Å². The van der Waals surface area contributed by atoms with Gasteiger partial charge in [0.1, 0.15) is 5.56 Å². The summed E-state index contributed by atoms with van der Waals surface area (Å²) in [5.74, 6) is -0.311. The van der Waals surface area contributed by atoms with Gasteiger partial charge in [-0.15, -0.1) is 0 Å². The third kappa shape index (κ3) is 3.05. The molecule has 2 N–H and O–H groups in total. The van der Waals surface area contributed by atoms with Crippen LogP contribution in [0.25, 0.3) is 11.1 Å². The van der Waals surface area contributed by atoms with E-state index in [9.17, 15) is 14.7 Å². The third-order valence-electron chi connectivity index (χ3n) is 3.32. The molecule has 112 valence electrons. The van der Waals surface area contributed by atoms with Gasteiger partial charge in [0.05, 0.1) is 0 Å². The van der Waals surface area contributed by atoms with Gasteiger partial charge in [-0.05, 0) is 24.5 Å². The summed E-state index contributed by atoms with van der Waals surface area (Å²) in [4.78, 5) is 26.1. The van der Waals surface area contributed by atoms with E-state index in [2.05, 4.69) is 4.98 Å². The van der Waals surface area contributed by atoms with E-state index in [4.69, 9.17) is 4.74 Å². The van der Waals surface area contributed by atoms with Crippen LogP contribution in [0.1, 0.15) is 12.0 Å². The lowest BCUT2D eigenvalue weighted by Crippen LogP contribution is -2.31. The van der Waals surface area contributed by atoms with Crippen LogP contribution in [0.15, 0.2) is 33.9 Å². The molecule has 0 bridgehead atoms. The second kappa shape index (κ2) is 6.41. The Labute approximate surface area is 121 Å². The molecule has 0 saturated carbocycles. The van der Waals surface area contributed by atoms with Gasteiger partial charge in [0.15, 0.2) is 0 Å². The van der Waals surface area contributed by atoms with E-state index in [-0.39, 0.29) is 18.0 Å². The molecule has 0 radical (unpaired) electrons. The Balaban J connectivity index is 2.57. The maximum absolute atomic E-state index is 12.0. The van der Waals surface area contributed by atoms with Crippen molar-refractivity contribution in [3.05, 3.63) is 50.7 Å². The number of nitrogens with zero attached hydrogens (tertiary/aromatic N) is 1. The average molecular weight is 290 g/mol. The summed E-state index contributed by atoms with van der Waals surface area (Å²) in [6.45, 7) is 2.58. The highest BCUT2D eigenvalue weighted by atomic mass is 16.5. The fourth-order valence-corrected chi connectivity index (χ4v) is 2.23. The summed E-state index contributed by atoms with van der Waals surface area (Å²) in [7, 11) is 1.56. The number of hydrogen-bond donors (Lipinski definition) is 2. The van der Waals surface area contributed by atoms with Gasteiger partial charge in [0.2, 0.25) is 5.88 Å². The van der Waals surface area contributed by atoms with Crippen molar-refractivity contribution in [2.24, 2.45) is 0 Å². The van der Waals surface area contributed by atoms with Crippen molar-refractivity contribution >= 4 is 0 Å². The number of H-pyrrole nitrogens is 1. The normalized spacial score (nSPS) is 10.8. The Hall–Kier alpha value is -2.34. The molecule has 0 amide bonds. The molecule has 6 heteroatoms. The number of aromatic hydroxyl groups is 1. The summed E-state index contributed by atoms with van der Waals surface area (Å²) in [5, 5.41) is 10.3. The fourth-order valence-electron chi connectivity index (χ4n) is 2.23. The number of ether oxygens (including phenoxy) is 1. The van der Waals surface area contributed by atoms with Crippen LogP contribution in [0.3, 0.4) is 0 Å². The van der Waals surface area contributed by atoms with Crippen LogP contribution in [0.4, 0.5) is 0 Å². The van der Waals surface area contributed by atoms with E-state index in [1.807, 2.05) is 19.1 Å².